The number of aliphatic hydroxyl groups is 2. The molecule has 14 heteroatoms. The second kappa shape index (κ2) is 14.9. The van der Waals surface area contributed by atoms with Crippen LogP contribution in [0.1, 0.15) is 22.3 Å². The van der Waals surface area contributed by atoms with Crippen molar-refractivity contribution in [3.63, 3.8) is 0 Å². The van der Waals surface area contributed by atoms with Crippen molar-refractivity contribution < 1.29 is 68.6 Å². The van der Waals surface area contributed by atoms with Crippen LogP contribution in [0.2, 0.25) is 0 Å². The van der Waals surface area contributed by atoms with Gasteiger partial charge in [-0.05, 0) is 83.6 Å². The van der Waals surface area contributed by atoms with Crippen LogP contribution >= 0.6 is 0 Å². The molecule has 2 heterocycles. The topological polar surface area (TPSA) is 211 Å². The number of ether oxygens (including phenoxy) is 6. The molecule has 4 aromatic rings. The molecule has 0 aromatic heterocycles. The zero-order chi connectivity index (χ0) is 38.9. The molecule has 6 rings (SSSR count). The molecule has 0 unspecified atom stereocenters. The Balaban J connectivity index is 1.34. The van der Waals surface area contributed by atoms with E-state index in [9.17, 15) is 40.2 Å². The Kier molecular flexibility index (Phi) is 10.4. The molecule has 14 nitrogen and oxygen atoms in total. The highest BCUT2D eigenvalue weighted by Crippen LogP contribution is 2.47. The number of phenols is 4. The zero-order valence-electron chi connectivity index (χ0n) is 30.1. The van der Waals surface area contributed by atoms with Gasteiger partial charge >= 0.3 is 11.9 Å². The van der Waals surface area contributed by atoms with Crippen LogP contribution in [0.25, 0.3) is 11.1 Å². The van der Waals surface area contributed by atoms with Gasteiger partial charge in [0.1, 0.15) is 0 Å². The molecule has 286 valence electrons. The van der Waals surface area contributed by atoms with E-state index in [4.69, 9.17) is 28.4 Å². The minimum Gasteiger partial charge on any atom is -0.504 e. The van der Waals surface area contributed by atoms with Crippen LogP contribution in [-0.2, 0) is 44.7 Å². The maximum absolute atomic E-state index is 13.1. The lowest BCUT2D eigenvalue weighted by Crippen LogP contribution is -2.44. The minimum absolute atomic E-state index is 0.0246. The van der Waals surface area contributed by atoms with E-state index >= 15 is 0 Å². The van der Waals surface area contributed by atoms with Gasteiger partial charge in [-0.1, -0.05) is 12.1 Å². The van der Waals surface area contributed by atoms with Crippen molar-refractivity contribution in [2.24, 2.45) is 11.8 Å². The molecule has 2 saturated heterocycles. The van der Waals surface area contributed by atoms with Gasteiger partial charge in [-0.15, -0.1) is 0 Å². The molecule has 0 saturated carbocycles. The molecule has 2 fully saturated rings. The number of rotatable bonds is 13. The van der Waals surface area contributed by atoms with Gasteiger partial charge in [0.05, 0.1) is 41.7 Å². The predicted octanol–water partition coefficient (Wildman–Crippen LogP) is 3.59. The fourth-order valence-electron chi connectivity index (χ4n) is 7.25. The average molecular weight is 747 g/mol. The first-order valence-corrected chi connectivity index (χ1v) is 17.1. The normalized spacial score (nSPS) is 22.1. The first kappa shape index (κ1) is 37.9. The highest BCUT2D eigenvalue weighted by Gasteiger charge is 2.52. The molecule has 54 heavy (non-hydrogen) atoms. The molecule has 4 aromatic carbocycles. The number of phenolic OH excluding ortho intramolecular Hbond substituents is 4. The summed E-state index contributed by atoms with van der Waals surface area (Å²) in [6.45, 7) is -0.152. The number of cyclic esters (lactones) is 2. The van der Waals surface area contributed by atoms with Crippen molar-refractivity contribution in [2.45, 2.75) is 36.9 Å². The van der Waals surface area contributed by atoms with E-state index in [0.717, 1.165) is 0 Å². The Morgan fingerprint density at radius 1 is 0.556 bits per heavy atom. The molecule has 0 aliphatic carbocycles. The summed E-state index contributed by atoms with van der Waals surface area (Å²) in [5.74, 6) is -3.54. The van der Waals surface area contributed by atoms with E-state index in [1.165, 1.54) is 64.8 Å². The highest BCUT2D eigenvalue weighted by atomic mass is 16.6. The van der Waals surface area contributed by atoms with Crippen LogP contribution in [0.15, 0.2) is 60.7 Å². The molecular formula is C40H42O14. The van der Waals surface area contributed by atoms with Crippen LogP contribution in [0.4, 0.5) is 0 Å². The van der Waals surface area contributed by atoms with Crippen molar-refractivity contribution in [2.75, 3.05) is 41.7 Å². The van der Waals surface area contributed by atoms with Gasteiger partial charge in [0.25, 0.3) is 0 Å². The van der Waals surface area contributed by atoms with Crippen molar-refractivity contribution in [1.29, 1.82) is 0 Å². The van der Waals surface area contributed by atoms with Crippen molar-refractivity contribution in [3.8, 4) is 57.1 Å². The zero-order valence-corrected chi connectivity index (χ0v) is 30.1. The van der Waals surface area contributed by atoms with Gasteiger partial charge < -0.3 is 59.1 Å². The number of methoxy groups -OCH3 is 4. The van der Waals surface area contributed by atoms with E-state index in [1.807, 2.05) is 0 Å². The Hall–Kier alpha value is -5.86. The molecule has 0 bridgehead atoms. The number of carbonyl (C=O) groups excluding carboxylic acids is 2. The third-order valence-electron chi connectivity index (χ3n) is 10.3. The molecule has 6 N–H and O–H groups in total. The summed E-state index contributed by atoms with van der Waals surface area (Å²) in [7, 11) is 5.47. The maximum Gasteiger partial charge on any atom is 0.338 e. The van der Waals surface area contributed by atoms with Gasteiger partial charge in [0.2, 0.25) is 0 Å². The summed E-state index contributed by atoms with van der Waals surface area (Å²) in [4.78, 5) is 26.2. The Labute approximate surface area is 310 Å². The maximum atomic E-state index is 13.1. The molecular weight excluding hydrogens is 704 g/mol. The Bertz CT molecular complexity index is 1930. The lowest BCUT2D eigenvalue weighted by atomic mass is 9.79. The van der Waals surface area contributed by atoms with E-state index in [-0.39, 0.29) is 96.0 Å². The lowest BCUT2D eigenvalue weighted by Gasteiger charge is -2.27. The Morgan fingerprint density at radius 3 is 1.26 bits per heavy atom. The summed E-state index contributed by atoms with van der Waals surface area (Å²) in [6, 6.07) is 15.3. The van der Waals surface area contributed by atoms with E-state index in [2.05, 4.69) is 0 Å². The number of carbonyl (C=O) groups is 2. The first-order valence-electron chi connectivity index (χ1n) is 17.1. The summed E-state index contributed by atoms with van der Waals surface area (Å²) in [5.41, 5.74) is -1.86. The van der Waals surface area contributed by atoms with E-state index in [0.29, 0.717) is 22.3 Å². The Morgan fingerprint density at radius 2 is 0.907 bits per heavy atom. The first-order chi connectivity index (χ1) is 25.7. The van der Waals surface area contributed by atoms with Gasteiger partial charge in [0.15, 0.2) is 57.2 Å². The standard InChI is InChI=1S/C40H42O14/c1-49-31-13-21(5-7-29(31)41)9-25-19-53-37(45)39(25,47)17-23-11-27(35(43)33(15-23)51-3)28-12-24(16-34(52-4)36(28)44)18-40(48)26(20-54-38(40)46)10-22-6-8-30(42)32(14-22)50-2/h5-8,11-16,25-26,41-44,47-48H,9-10,17-20H2,1-4H3/t25-,26-,39-,40-/m1/s1. The lowest BCUT2D eigenvalue weighted by molar-refractivity contribution is -0.154. The molecule has 0 radical (unpaired) electrons. The van der Waals surface area contributed by atoms with E-state index < -0.39 is 35.0 Å². The van der Waals surface area contributed by atoms with Crippen LogP contribution in [0.5, 0.6) is 46.0 Å². The second-order valence-electron chi connectivity index (χ2n) is 13.6. The number of benzene rings is 4. The summed E-state index contributed by atoms with van der Waals surface area (Å²) < 4.78 is 32.0. The summed E-state index contributed by atoms with van der Waals surface area (Å²) >= 11 is 0. The largest absolute Gasteiger partial charge is 0.504 e. The van der Waals surface area contributed by atoms with Gasteiger partial charge in [-0.2, -0.15) is 0 Å². The second-order valence-corrected chi connectivity index (χ2v) is 13.6. The van der Waals surface area contributed by atoms with Gasteiger partial charge in [-0.25, -0.2) is 9.59 Å². The fourth-order valence-corrected chi connectivity index (χ4v) is 7.25. The number of aromatic hydroxyl groups is 4. The van der Waals surface area contributed by atoms with Crippen molar-refractivity contribution in [1.82, 2.24) is 0 Å². The number of esters is 2. The molecule has 4 atom stereocenters. The predicted molar refractivity (Wildman–Crippen MR) is 191 cm³/mol. The van der Waals surface area contributed by atoms with Gasteiger partial charge in [0, 0.05) is 35.8 Å². The smallest absolute Gasteiger partial charge is 0.338 e. The van der Waals surface area contributed by atoms with Crippen LogP contribution in [0.3, 0.4) is 0 Å². The SMILES string of the molecule is COc1cc(C[C@@H]2COC(=O)[C@@]2(O)Cc2cc(OC)c(O)c(-c3cc(C[C@]4(O)C(=O)OC[C@H]4Cc4ccc(O)c(OC)c4)cc(OC)c3O)c2)ccc1O. The van der Waals surface area contributed by atoms with Crippen molar-refractivity contribution in [3.05, 3.63) is 82.9 Å². The molecule has 0 spiro atoms. The van der Waals surface area contributed by atoms with Gasteiger partial charge in [-0.3, -0.25) is 0 Å². The average Bonchev–Trinajstić information content (AvgIpc) is 3.58. The third-order valence-corrected chi connectivity index (χ3v) is 10.3. The molecule has 0 amide bonds. The van der Waals surface area contributed by atoms with Crippen LogP contribution in [-0.4, -0.2) is 95.4 Å². The third kappa shape index (κ3) is 6.97. The quantitative estimate of drug-likeness (QED) is 0.108. The highest BCUT2D eigenvalue weighted by molar-refractivity contribution is 5.85. The summed E-state index contributed by atoms with van der Waals surface area (Å²) in [5, 5.41) is 66.5. The van der Waals surface area contributed by atoms with Crippen LogP contribution < -0.4 is 18.9 Å². The van der Waals surface area contributed by atoms with Crippen LogP contribution in [0, 0.1) is 11.8 Å². The summed E-state index contributed by atoms with van der Waals surface area (Å²) in [6.07, 6.45) is -0.119. The molecule has 2 aliphatic rings. The van der Waals surface area contributed by atoms with Crippen molar-refractivity contribution >= 4 is 11.9 Å². The number of hydrogen-bond donors (Lipinski definition) is 6. The number of hydrogen-bond acceptors (Lipinski definition) is 14. The fraction of sp³-hybridized carbons (Fsp3) is 0.350. The monoisotopic (exact) mass is 746 g/mol. The molecule has 2 aliphatic heterocycles. The minimum atomic E-state index is -2.01. The van der Waals surface area contributed by atoms with E-state index in [1.54, 1.807) is 24.3 Å².